The number of morpholine rings is 1. The Labute approximate surface area is 190 Å². The lowest BCUT2D eigenvalue weighted by atomic mass is 10.3. The normalized spacial score (nSPS) is 16.2. The first-order chi connectivity index (χ1) is 15.2. The monoisotopic (exact) mass is 476 g/mol. The quantitative estimate of drug-likeness (QED) is 0.536. The number of rotatable bonds is 6. The van der Waals surface area contributed by atoms with Gasteiger partial charge in [-0.2, -0.15) is 9.29 Å². The van der Waals surface area contributed by atoms with E-state index in [-0.39, 0.29) is 10.8 Å². The van der Waals surface area contributed by atoms with E-state index in [1.807, 2.05) is 19.9 Å². The van der Waals surface area contributed by atoms with Crippen molar-refractivity contribution in [3.8, 4) is 0 Å². The molecule has 1 unspecified atom stereocenters. The molecule has 0 bridgehead atoms. The minimum absolute atomic E-state index is 0.136. The third-order valence-corrected chi connectivity index (χ3v) is 7.81. The molecule has 4 rings (SSSR count). The van der Waals surface area contributed by atoms with Crippen LogP contribution in [0.15, 0.2) is 40.4 Å². The van der Waals surface area contributed by atoms with E-state index in [1.165, 1.54) is 28.2 Å². The number of ether oxygens (including phenoxy) is 1. The molecule has 32 heavy (non-hydrogen) atoms. The molecule has 170 valence electrons. The Morgan fingerprint density at radius 3 is 2.69 bits per heavy atom. The van der Waals surface area contributed by atoms with Crippen molar-refractivity contribution in [2.24, 2.45) is 0 Å². The first-order valence-corrected chi connectivity index (χ1v) is 12.4. The third-order valence-electron chi connectivity index (χ3n) is 4.96. The number of hydrogen-bond acceptors (Lipinski definition) is 8. The van der Waals surface area contributed by atoms with Crippen LogP contribution in [0.25, 0.3) is 5.78 Å². The highest BCUT2D eigenvalue weighted by atomic mass is 32.2. The number of nitrogens with one attached hydrogen (secondary N) is 1. The Morgan fingerprint density at radius 2 is 1.94 bits per heavy atom. The second-order valence-corrected chi connectivity index (χ2v) is 10.7. The van der Waals surface area contributed by atoms with Gasteiger partial charge in [-0.25, -0.2) is 17.9 Å². The van der Waals surface area contributed by atoms with Gasteiger partial charge in [-0.3, -0.25) is 4.79 Å². The van der Waals surface area contributed by atoms with Crippen LogP contribution >= 0.6 is 11.8 Å². The van der Waals surface area contributed by atoms with E-state index in [0.717, 1.165) is 11.4 Å². The molecule has 2 aromatic heterocycles. The summed E-state index contributed by atoms with van der Waals surface area (Å²) in [5, 5.41) is 7.13. The fourth-order valence-electron chi connectivity index (χ4n) is 3.32. The molecule has 1 atom stereocenters. The Morgan fingerprint density at radius 1 is 1.19 bits per heavy atom. The molecule has 0 spiro atoms. The number of sulfonamides is 1. The molecule has 1 amide bonds. The van der Waals surface area contributed by atoms with Gasteiger partial charge in [0.1, 0.15) is 0 Å². The largest absolute Gasteiger partial charge is 0.379 e. The van der Waals surface area contributed by atoms with Gasteiger partial charge in [-0.05, 0) is 45.0 Å². The van der Waals surface area contributed by atoms with E-state index in [0.29, 0.717) is 42.9 Å². The highest BCUT2D eigenvalue weighted by Gasteiger charge is 2.27. The summed E-state index contributed by atoms with van der Waals surface area (Å²) in [6.07, 6.45) is 0. The summed E-state index contributed by atoms with van der Waals surface area (Å²) < 4.78 is 34.0. The standard InChI is InChI=1S/C20H24N6O4S2/c1-13-11-14(2)26-19(21-13)23-20(24-26)31-15(3)18(27)22-16-5-4-6-17(12-16)32(28,29)25-7-9-30-10-8-25/h4-6,11-12,15H,7-10H2,1-3H3,(H,22,27). The lowest BCUT2D eigenvalue weighted by Crippen LogP contribution is -2.40. The zero-order valence-electron chi connectivity index (χ0n) is 18.0. The molecular formula is C20H24N6O4S2. The number of carbonyl (C=O) groups excluding carboxylic acids is 1. The first kappa shape index (κ1) is 22.6. The van der Waals surface area contributed by atoms with Crippen LogP contribution in [0.2, 0.25) is 0 Å². The second-order valence-electron chi connectivity index (χ2n) is 7.44. The van der Waals surface area contributed by atoms with Crippen molar-refractivity contribution in [1.29, 1.82) is 0 Å². The van der Waals surface area contributed by atoms with Crippen LogP contribution < -0.4 is 5.32 Å². The van der Waals surface area contributed by atoms with Gasteiger partial charge in [0.25, 0.3) is 5.78 Å². The van der Waals surface area contributed by atoms with Gasteiger partial charge in [0.15, 0.2) is 0 Å². The fourth-order valence-corrected chi connectivity index (χ4v) is 5.52. The predicted octanol–water partition coefficient (Wildman–Crippen LogP) is 1.88. The van der Waals surface area contributed by atoms with Crippen molar-refractivity contribution < 1.29 is 17.9 Å². The highest BCUT2D eigenvalue weighted by molar-refractivity contribution is 8.00. The van der Waals surface area contributed by atoms with Crippen LogP contribution in [0, 0.1) is 13.8 Å². The molecule has 3 heterocycles. The summed E-state index contributed by atoms with van der Waals surface area (Å²) in [5.74, 6) is 0.203. The Kier molecular flexibility index (Phi) is 6.47. The number of hydrogen-bond donors (Lipinski definition) is 1. The molecule has 1 aromatic carbocycles. The molecule has 1 aliphatic rings. The average Bonchev–Trinajstić information content (AvgIpc) is 3.17. The Balaban J connectivity index is 1.46. The molecule has 0 saturated carbocycles. The van der Waals surface area contributed by atoms with Gasteiger partial charge in [-0.15, -0.1) is 5.10 Å². The van der Waals surface area contributed by atoms with Crippen molar-refractivity contribution >= 4 is 39.2 Å². The van der Waals surface area contributed by atoms with Crippen molar-refractivity contribution in [2.75, 3.05) is 31.6 Å². The lowest BCUT2D eigenvalue weighted by molar-refractivity contribution is -0.115. The van der Waals surface area contributed by atoms with E-state index in [9.17, 15) is 13.2 Å². The number of aryl methyl sites for hydroxylation is 2. The van der Waals surface area contributed by atoms with E-state index >= 15 is 0 Å². The van der Waals surface area contributed by atoms with Crippen LogP contribution in [-0.2, 0) is 19.6 Å². The molecule has 1 N–H and O–H groups in total. The van der Waals surface area contributed by atoms with E-state index < -0.39 is 15.3 Å². The maximum atomic E-state index is 12.9. The lowest BCUT2D eigenvalue weighted by Gasteiger charge is -2.26. The van der Waals surface area contributed by atoms with Gasteiger partial charge in [0, 0.05) is 30.2 Å². The minimum Gasteiger partial charge on any atom is -0.379 e. The van der Waals surface area contributed by atoms with Crippen molar-refractivity contribution in [3.63, 3.8) is 0 Å². The topological polar surface area (TPSA) is 119 Å². The van der Waals surface area contributed by atoms with Crippen LogP contribution in [-0.4, -0.2) is 69.8 Å². The van der Waals surface area contributed by atoms with E-state index in [1.54, 1.807) is 23.6 Å². The number of carbonyl (C=O) groups is 1. The molecule has 10 nitrogen and oxygen atoms in total. The molecule has 12 heteroatoms. The molecule has 1 aliphatic heterocycles. The fraction of sp³-hybridized carbons (Fsp3) is 0.400. The second kappa shape index (κ2) is 9.14. The zero-order valence-corrected chi connectivity index (χ0v) is 19.6. The van der Waals surface area contributed by atoms with Crippen LogP contribution in [0.1, 0.15) is 18.3 Å². The van der Waals surface area contributed by atoms with E-state index in [2.05, 4.69) is 20.4 Å². The molecule has 3 aromatic rings. The van der Waals surface area contributed by atoms with Crippen molar-refractivity contribution in [1.82, 2.24) is 23.9 Å². The van der Waals surface area contributed by atoms with Crippen molar-refractivity contribution in [2.45, 2.75) is 36.1 Å². The smallest absolute Gasteiger partial charge is 0.253 e. The number of benzene rings is 1. The van der Waals surface area contributed by atoms with Gasteiger partial charge in [0.05, 0.1) is 23.4 Å². The number of anilines is 1. The van der Waals surface area contributed by atoms with Gasteiger partial charge in [0.2, 0.25) is 21.1 Å². The summed E-state index contributed by atoms with van der Waals surface area (Å²) in [7, 11) is -3.64. The van der Waals surface area contributed by atoms with E-state index in [4.69, 9.17) is 4.74 Å². The summed E-state index contributed by atoms with van der Waals surface area (Å²) in [6, 6.07) is 8.17. The molecule has 1 fully saturated rings. The number of amides is 1. The molecule has 0 radical (unpaired) electrons. The summed E-state index contributed by atoms with van der Waals surface area (Å²) in [5.41, 5.74) is 2.16. The summed E-state index contributed by atoms with van der Waals surface area (Å²) >= 11 is 1.21. The van der Waals surface area contributed by atoms with Gasteiger partial charge >= 0.3 is 0 Å². The predicted molar refractivity (Wildman–Crippen MR) is 120 cm³/mol. The maximum Gasteiger partial charge on any atom is 0.253 e. The summed E-state index contributed by atoms with van der Waals surface area (Å²) in [6.45, 7) is 6.91. The number of aromatic nitrogens is 4. The van der Waals surface area contributed by atoms with Crippen LogP contribution in [0.3, 0.4) is 0 Å². The Hall–Kier alpha value is -2.54. The minimum atomic E-state index is -3.64. The molecule has 0 aliphatic carbocycles. The SMILES string of the molecule is Cc1cc(C)n2nc(SC(C)C(=O)Nc3cccc(S(=O)(=O)N4CCOCC4)c3)nc2n1. The van der Waals surface area contributed by atoms with Gasteiger partial charge in [-0.1, -0.05) is 17.8 Å². The Bertz CT molecular complexity index is 1250. The number of nitrogens with zero attached hydrogens (tertiary/aromatic N) is 5. The third kappa shape index (κ3) is 4.77. The summed E-state index contributed by atoms with van der Waals surface area (Å²) in [4.78, 5) is 21.6. The maximum absolute atomic E-state index is 12.9. The van der Waals surface area contributed by atoms with Crippen LogP contribution in [0.4, 0.5) is 5.69 Å². The molecular weight excluding hydrogens is 452 g/mol. The van der Waals surface area contributed by atoms with Crippen LogP contribution in [0.5, 0.6) is 0 Å². The zero-order chi connectivity index (χ0) is 22.9. The van der Waals surface area contributed by atoms with Gasteiger partial charge < -0.3 is 10.1 Å². The highest BCUT2D eigenvalue weighted by Crippen LogP contribution is 2.24. The molecule has 1 saturated heterocycles. The average molecular weight is 477 g/mol. The first-order valence-electron chi connectivity index (χ1n) is 10.1. The number of fused-ring (bicyclic) bond motifs is 1. The number of thioether (sulfide) groups is 1. The van der Waals surface area contributed by atoms with Crippen molar-refractivity contribution in [3.05, 3.63) is 41.7 Å².